The van der Waals surface area contributed by atoms with E-state index in [2.05, 4.69) is 26.1 Å². The molecule has 0 unspecified atom stereocenters. The van der Waals surface area contributed by atoms with Crippen LogP contribution in [0.15, 0.2) is 11.6 Å². The molecule has 2 heterocycles. The van der Waals surface area contributed by atoms with Gasteiger partial charge in [0.25, 0.3) is 0 Å². The van der Waals surface area contributed by atoms with E-state index in [1.54, 1.807) is 22.2 Å². The van der Waals surface area contributed by atoms with Crippen molar-refractivity contribution in [3.05, 3.63) is 28.0 Å². The maximum absolute atomic E-state index is 11.8. The van der Waals surface area contributed by atoms with E-state index in [1.807, 2.05) is 14.0 Å². The molecule has 7 heteroatoms. The SMILES string of the molecule is Cc1nn(C)cc1NC(=O)NCc1nc(C2CC2)cs1. The first-order valence-electron chi connectivity index (χ1n) is 6.61. The fraction of sp³-hybridized carbons (Fsp3) is 0.462. The van der Waals surface area contributed by atoms with Crippen molar-refractivity contribution in [2.45, 2.75) is 32.2 Å². The van der Waals surface area contributed by atoms with Gasteiger partial charge in [0.1, 0.15) is 5.01 Å². The number of nitrogens with zero attached hydrogens (tertiary/aromatic N) is 3. The molecule has 0 spiro atoms. The summed E-state index contributed by atoms with van der Waals surface area (Å²) in [6.07, 6.45) is 4.28. The standard InChI is InChI=1S/C13H17N5OS/c1-8-10(6-18(2)17-8)16-13(19)14-5-12-15-11(7-20-12)9-3-4-9/h6-7,9H,3-5H2,1-2H3,(H2,14,16,19). The summed E-state index contributed by atoms with van der Waals surface area (Å²) in [5, 5.41) is 12.8. The van der Waals surface area contributed by atoms with Crippen LogP contribution in [0, 0.1) is 6.92 Å². The first-order valence-corrected chi connectivity index (χ1v) is 7.49. The van der Waals surface area contributed by atoms with Crippen molar-refractivity contribution >= 4 is 23.1 Å². The van der Waals surface area contributed by atoms with Gasteiger partial charge in [-0.15, -0.1) is 11.3 Å². The molecule has 20 heavy (non-hydrogen) atoms. The largest absolute Gasteiger partial charge is 0.331 e. The minimum absolute atomic E-state index is 0.232. The van der Waals surface area contributed by atoms with Crippen LogP contribution < -0.4 is 10.6 Å². The Morgan fingerprint density at radius 3 is 3.00 bits per heavy atom. The highest BCUT2D eigenvalue weighted by Crippen LogP contribution is 2.40. The van der Waals surface area contributed by atoms with Crippen LogP contribution in [0.4, 0.5) is 10.5 Å². The van der Waals surface area contributed by atoms with Crippen LogP contribution in [0.25, 0.3) is 0 Å². The molecule has 1 aliphatic carbocycles. The van der Waals surface area contributed by atoms with E-state index in [9.17, 15) is 4.79 Å². The summed E-state index contributed by atoms with van der Waals surface area (Å²) in [6, 6.07) is -0.232. The number of rotatable bonds is 4. The third-order valence-electron chi connectivity index (χ3n) is 3.23. The van der Waals surface area contributed by atoms with Crippen LogP contribution in [0.2, 0.25) is 0 Å². The van der Waals surface area contributed by atoms with Crippen molar-refractivity contribution in [3.8, 4) is 0 Å². The van der Waals surface area contributed by atoms with Crippen molar-refractivity contribution in [1.82, 2.24) is 20.1 Å². The highest BCUT2D eigenvalue weighted by molar-refractivity contribution is 7.09. The van der Waals surface area contributed by atoms with Gasteiger partial charge in [-0.3, -0.25) is 4.68 Å². The zero-order chi connectivity index (χ0) is 14.1. The Balaban J connectivity index is 1.52. The highest BCUT2D eigenvalue weighted by atomic mass is 32.1. The number of carbonyl (C=O) groups excluding carboxylic acids is 1. The molecule has 0 aromatic carbocycles. The number of anilines is 1. The molecule has 2 amide bonds. The van der Waals surface area contributed by atoms with Crippen LogP contribution in [-0.4, -0.2) is 20.8 Å². The average Bonchev–Trinajstić information content (AvgIpc) is 3.06. The summed E-state index contributed by atoms with van der Waals surface area (Å²) in [5.74, 6) is 0.659. The Bertz CT molecular complexity index is 628. The van der Waals surface area contributed by atoms with Crippen molar-refractivity contribution in [1.29, 1.82) is 0 Å². The number of aryl methyl sites for hydroxylation is 2. The molecular formula is C13H17N5OS. The number of urea groups is 1. The first kappa shape index (κ1) is 13.1. The lowest BCUT2D eigenvalue weighted by Crippen LogP contribution is -2.28. The number of amides is 2. The van der Waals surface area contributed by atoms with Gasteiger partial charge in [-0.05, 0) is 19.8 Å². The molecule has 2 aromatic heterocycles. The van der Waals surface area contributed by atoms with Gasteiger partial charge >= 0.3 is 6.03 Å². The molecule has 1 fully saturated rings. The third-order valence-corrected chi connectivity index (χ3v) is 4.09. The third kappa shape index (κ3) is 2.98. The monoisotopic (exact) mass is 291 g/mol. The summed E-state index contributed by atoms with van der Waals surface area (Å²) < 4.78 is 1.67. The van der Waals surface area contributed by atoms with E-state index in [4.69, 9.17) is 0 Å². The second-order valence-electron chi connectivity index (χ2n) is 5.05. The maximum atomic E-state index is 11.8. The molecule has 106 valence electrons. The van der Waals surface area contributed by atoms with Gasteiger partial charge in [0, 0.05) is 24.5 Å². The molecule has 3 rings (SSSR count). The first-order chi connectivity index (χ1) is 9.61. The van der Waals surface area contributed by atoms with Gasteiger partial charge in [0.15, 0.2) is 0 Å². The molecule has 1 aliphatic rings. The fourth-order valence-electron chi connectivity index (χ4n) is 2.02. The Morgan fingerprint density at radius 2 is 2.35 bits per heavy atom. The molecule has 0 aliphatic heterocycles. The molecule has 6 nitrogen and oxygen atoms in total. The van der Waals surface area contributed by atoms with Gasteiger partial charge in [-0.2, -0.15) is 5.10 Å². The zero-order valence-corrected chi connectivity index (χ0v) is 12.3. The summed E-state index contributed by atoms with van der Waals surface area (Å²) in [5.41, 5.74) is 2.70. The van der Waals surface area contributed by atoms with E-state index in [-0.39, 0.29) is 6.03 Å². The minimum atomic E-state index is -0.232. The van der Waals surface area contributed by atoms with Crippen LogP contribution in [0.5, 0.6) is 0 Å². The fourth-order valence-corrected chi connectivity index (χ4v) is 2.83. The maximum Gasteiger partial charge on any atom is 0.319 e. The molecule has 0 atom stereocenters. The second-order valence-corrected chi connectivity index (χ2v) is 5.99. The number of carbonyl (C=O) groups is 1. The van der Waals surface area contributed by atoms with E-state index in [1.165, 1.54) is 18.5 Å². The van der Waals surface area contributed by atoms with E-state index >= 15 is 0 Å². The summed E-state index contributed by atoms with van der Waals surface area (Å²) in [4.78, 5) is 16.4. The van der Waals surface area contributed by atoms with Gasteiger partial charge in [0.05, 0.1) is 23.6 Å². The van der Waals surface area contributed by atoms with Crippen molar-refractivity contribution in [2.75, 3.05) is 5.32 Å². The minimum Gasteiger partial charge on any atom is -0.331 e. The molecule has 0 saturated heterocycles. The topological polar surface area (TPSA) is 71.8 Å². The Hall–Kier alpha value is -1.89. The van der Waals surface area contributed by atoms with Crippen LogP contribution in [-0.2, 0) is 13.6 Å². The summed E-state index contributed by atoms with van der Waals surface area (Å²) in [6.45, 7) is 2.32. The lowest BCUT2D eigenvalue weighted by atomic mass is 10.3. The lowest BCUT2D eigenvalue weighted by Gasteiger charge is -2.04. The Morgan fingerprint density at radius 1 is 1.55 bits per heavy atom. The second kappa shape index (κ2) is 5.24. The van der Waals surface area contributed by atoms with Crippen LogP contribution in [0.3, 0.4) is 0 Å². The number of nitrogens with one attached hydrogen (secondary N) is 2. The Kier molecular flexibility index (Phi) is 3.43. The average molecular weight is 291 g/mol. The highest BCUT2D eigenvalue weighted by Gasteiger charge is 2.25. The summed E-state index contributed by atoms with van der Waals surface area (Å²) >= 11 is 1.60. The van der Waals surface area contributed by atoms with Crippen molar-refractivity contribution in [3.63, 3.8) is 0 Å². The molecule has 0 bridgehead atoms. The number of thiazole rings is 1. The summed E-state index contributed by atoms with van der Waals surface area (Å²) in [7, 11) is 1.82. The molecule has 0 radical (unpaired) electrons. The molecule has 2 N–H and O–H groups in total. The zero-order valence-electron chi connectivity index (χ0n) is 11.5. The van der Waals surface area contributed by atoms with Crippen LogP contribution in [0.1, 0.15) is 35.2 Å². The van der Waals surface area contributed by atoms with Gasteiger partial charge < -0.3 is 10.6 Å². The number of hydrogen-bond donors (Lipinski definition) is 2. The molecular weight excluding hydrogens is 274 g/mol. The van der Waals surface area contributed by atoms with Crippen molar-refractivity contribution < 1.29 is 4.79 Å². The van der Waals surface area contributed by atoms with Crippen molar-refractivity contribution in [2.24, 2.45) is 7.05 Å². The molecule has 2 aromatic rings. The quantitative estimate of drug-likeness (QED) is 0.908. The predicted octanol–water partition coefficient (Wildman–Crippen LogP) is 2.38. The van der Waals surface area contributed by atoms with Gasteiger partial charge in [0.2, 0.25) is 0 Å². The number of hydrogen-bond acceptors (Lipinski definition) is 4. The van der Waals surface area contributed by atoms with Gasteiger partial charge in [-0.1, -0.05) is 0 Å². The molecule has 1 saturated carbocycles. The van der Waals surface area contributed by atoms with E-state index in [0.717, 1.165) is 16.4 Å². The normalized spacial score (nSPS) is 14.3. The lowest BCUT2D eigenvalue weighted by molar-refractivity contribution is 0.251. The Labute approximate surface area is 121 Å². The van der Waals surface area contributed by atoms with E-state index < -0.39 is 0 Å². The van der Waals surface area contributed by atoms with Crippen LogP contribution >= 0.6 is 11.3 Å². The predicted molar refractivity (Wildman–Crippen MR) is 77.9 cm³/mol. The number of aromatic nitrogens is 3. The van der Waals surface area contributed by atoms with Gasteiger partial charge in [-0.25, -0.2) is 9.78 Å². The smallest absolute Gasteiger partial charge is 0.319 e. The van der Waals surface area contributed by atoms with E-state index in [0.29, 0.717) is 12.5 Å².